The van der Waals surface area contributed by atoms with Crippen LogP contribution in [-0.2, 0) is 11.3 Å². The van der Waals surface area contributed by atoms with Crippen molar-refractivity contribution >= 4 is 47.1 Å². The molecular weight excluding hydrogens is 687 g/mol. The lowest BCUT2D eigenvalue weighted by Crippen LogP contribution is -2.44. The normalized spacial score (nSPS) is 15.6. The Hall–Kier alpha value is -5.37. The highest BCUT2D eigenvalue weighted by Gasteiger charge is 2.29. The molecule has 51 heavy (non-hydrogen) atoms. The van der Waals surface area contributed by atoms with Crippen molar-refractivity contribution in [1.29, 1.82) is 0 Å². The highest BCUT2D eigenvalue weighted by Crippen LogP contribution is 2.27. The molecule has 0 aliphatic carbocycles. The number of halogens is 4. The summed E-state index contributed by atoms with van der Waals surface area (Å²) in [6, 6.07) is 20.5. The summed E-state index contributed by atoms with van der Waals surface area (Å²) in [4.78, 5) is 40.5. The molecule has 0 atom stereocenters. The molecule has 0 radical (unpaired) electrons. The Morgan fingerprint density at radius 2 is 1.76 bits per heavy atom. The molecule has 5 heterocycles. The number of carbonyl (C=O) groups is 2. The van der Waals surface area contributed by atoms with Gasteiger partial charge in [-0.2, -0.15) is 28.1 Å². The smallest absolute Gasteiger partial charge is 0.422 e. The van der Waals surface area contributed by atoms with Crippen LogP contribution >= 0.6 is 11.6 Å². The van der Waals surface area contributed by atoms with Gasteiger partial charge < -0.3 is 30.3 Å². The van der Waals surface area contributed by atoms with Gasteiger partial charge in [0, 0.05) is 43.5 Å². The lowest BCUT2D eigenvalue weighted by molar-refractivity contribution is -0.154. The number of hydrogen-bond acceptors (Lipinski definition) is 9. The van der Waals surface area contributed by atoms with Gasteiger partial charge in [-0.1, -0.05) is 61.8 Å². The predicted molar refractivity (Wildman–Crippen MR) is 188 cm³/mol. The first-order valence-electron chi connectivity index (χ1n) is 16.1. The number of alkyl halides is 3. The molecule has 15 heteroatoms. The topological polar surface area (TPSA) is 131 Å². The van der Waals surface area contributed by atoms with Crippen molar-refractivity contribution in [2.75, 3.05) is 43.5 Å². The van der Waals surface area contributed by atoms with Crippen LogP contribution in [-0.4, -0.2) is 70.7 Å². The van der Waals surface area contributed by atoms with Crippen molar-refractivity contribution in [3.63, 3.8) is 0 Å². The number of rotatable bonds is 4. The molecule has 4 aliphatic heterocycles. The van der Waals surface area contributed by atoms with Gasteiger partial charge in [0.1, 0.15) is 5.75 Å². The molecule has 3 N–H and O–H groups in total. The van der Waals surface area contributed by atoms with Gasteiger partial charge in [0.05, 0.1) is 11.6 Å². The number of benzene rings is 3. The van der Waals surface area contributed by atoms with Crippen LogP contribution in [0, 0.1) is 5.41 Å². The number of carbonyl (C=O) groups excluding carboxylic acids is 2. The molecule has 6 bridgehead atoms. The number of nitrogens with zero attached hydrogens (tertiary/aromatic N) is 4. The predicted octanol–water partition coefficient (Wildman–Crippen LogP) is 6.90. The first-order valence-corrected chi connectivity index (χ1v) is 16.5. The van der Waals surface area contributed by atoms with E-state index in [-0.39, 0.29) is 43.4 Å². The number of hydrogen-bond donors (Lipinski definition) is 3. The second-order valence-corrected chi connectivity index (χ2v) is 12.9. The number of nitrogens with one attached hydrogen (secondary N) is 3. The molecule has 0 unspecified atom stereocenters. The lowest BCUT2D eigenvalue weighted by atomic mass is 9.92. The van der Waals surface area contributed by atoms with Crippen molar-refractivity contribution in [1.82, 2.24) is 25.2 Å². The standard InChI is InChI=1S/C36H37ClF3N7O4/c1-35(2)21-42-31(49)26-11-13-27(14-12-26)43-33-44-32(45-34(46-33)51-23-36(38,39)40)41-20-25-9-15-29(28(37)19-25)50-18-6-17-47(22-35)30(48)16-10-24-7-4-3-5-8-24/h3-5,7-16,19H,6,17-18,20-23H2,1-2H3,(H,42,49)(H2,41,43,44,45,46). The zero-order chi connectivity index (χ0) is 36.4. The number of anilines is 3. The van der Waals surface area contributed by atoms with E-state index >= 15 is 0 Å². The van der Waals surface area contributed by atoms with Gasteiger partial charge in [-0.3, -0.25) is 9.59 Å². The zero-order valence-electron chi connectivity index (χ0n) is 28.0. The maximum atomic E-state index is 13.4. The van der Waals surface area contributed by atoms with Crippen LogP contribution in [0.4, 0.5) is 30.8 Å². The summed E-state index contributed by atoms with van der Waals surface area (Å²) in [5.41, 5.74) is 1.95. The van der Waals surface area contributed by atoms with Crippen LogP contribution in [0.1, 0.15) is 41.8 Å². The first-order chi connectivity index (χ1) is 24.3. The van der Waals surface area contributed by atoms with Crippen molar-refractivity contribution in [3.8, 4) is 11.8 Å². The van der Waals surface area contributed by atoms with Crippen LogP contribution in [0.15, 0.2) is 78.9 Å². The minimum Gasteiger partial charge on any atom is -0.492 e. The number of amides is 2. The Bertz CT molecular complexity index is 1840. The molecule has 0 fully saturated rings. The van der Waals surface area contributed by atoms with Crippen molar-refractivity contribution in [3.05, 3.63) is 101 Å². The summed E-state index contributed by atoms with van der Waals surface area (Å²) in [6.45, 7) is 3.81. The second kappa shape index (κ2) is 16.6. The van der Waals surface area contributed by atoms with E-state index in [1.165, 1.54) is 0 Å². The van der Waals surface area contributed by atoms with E-state index in [0.29, 0.717) is 47.1 Å². The zero-order valence-corrected chi connectivity index (χ0v) is 28.7. The largest absolute Gasteiger partial charge is 0.492 e. The molecule has 0 saturated heterocycles. The maximum absolute atomic E-state index is 13.4. The van der Waals surface area contributed by atoms with Crippen LogP contribution in [0.2, 0.25) is 5.02 Å². The van der Waals surface area contributed by atoms with E-state index in [0.717, 1.165) is 5.56 Å². The monoisotopic (exact) mass is 723 g/mol. The highest BCUT2D eigenvalue weighted by atomic mass is 35.5. The van der Waals surface area contributed by atoms with E-state index < -0.39 is 24.2 Å². The summed E-state index contributed by atoms with van der Waals surface area (Å²) < 4.78 is 49.4. The quantitative estimate of drug-likeness (QED) is 0.193. The number of ether oxygens (including phenoxy) is 2. The third kappa shape index (κ3) is 11.6. The van der Waals surface area contributed by atoms with Crippen LogP contribution in [0.5, 0.6) is 11.8 Å². The van der Waals surface area contributed by atoms with E-state index in [1.54, 1.807) is 59.5 Å². The highest BCUT2D eigenvalue weighted by molar-refractivity contribution is 6.32. The minimum atomic E-state index is -4.60. The molecule has 4 aliphatic rings. The Labute approximate surface area is 298 Å². The SMILES string of the molecule is CC1(C)CNC(=O)c2ccc(cc2)Nc2nc(nc(OCC(F)(F)F)n2)NCc2ccc(c(Cl)c2)OCCCN(C(=O)C=Cc2ccccc2)C1. The summed E-state index contributed by atoms with van der Waals surface area (Å²) in [6.07, 6.45) is -0.775. The van der Waals surface area contributed by atoms with Gasteiger partial charge >= 0.3 is 12.2 Å². The summed E-state index contributed by atoms with van der Waals surface area (Å²) in [7, 11) is 0. The van der Waals surface area contributed by atoms with Gasteiger partial charge in [-0.05, 0) is 65.4 Å². The molecular formula is C36H37ClF3N7O4. The van der Waals surface area contributed by atoms with Crippen LogP contribution < -0.4 is 25.4 Å². The lowest BCUT2D eigenvalue weighted by Gasteiger charge is -2.32. The minimum absolute atomic E-state index is 0.0492. The maximum Gasteiger partial charge on any atom is 0.422 e. The van der Waals surface area contributed by atoms with E-state index in [9.17, 15) is 22.8 Å². The van der Waals surface area contributed by atoms with Crippen molar-refractivity contribution < 1.29 is 32.2 Å². The van der Waals surface area contributed by atoms with E-state index in [1.807, 2.05) is 44.2 Å². The van der Waals surface area contributed by atoms with Crippen molar-refractivity contribution in [2.24, 2.45) is 5.41 Å². The molecule has 0 spiro atoms. The molecule has 2 amide bonds. The molecule has 268 valence electrons. The van der Waals surface area contributed by atoms with Crippen LogP contribution in [0.3, 0.4) is 0 Å². The van der Waals surface area contributed by atoms with E-state index in [2.05, 4.69) is 30.9 Å². The molecule has 1 aromatic heterocycles. The average molecular weight is 724 g/mol. The van der Waals surface area contributed by atoms with Gasteiger partial charge in [0.25, 0.3) is 5.91 Å². The summed E-state index contributed by atoms with van der Waals surface area (Å²) in [5, 5.41) is 9.17. The molecule has 11 nitrogen and oxygen atoms in total. The van der Waals surface area contributed by atoms with Crippen molar-refractivity contribution in [2.45, 2.75) is 33.0 Å². The second-order valence-electron chi connectivity index (χ2n) is 12.5. The fourth-order valence-electron chi connectivity index (χ4n) is 5.02. The first kappa shape index (κ1) is 36.9. The molecule has 8 rings (SSSR count). The third-order valence-electron chi connectivity index (χ3n) is 7.54. The van der Waals surface area contributed by atoms with Gasteiger partial charge in [0.15, 0.2) is 6.61 Å². The Kier molecular flexibility index (Phi) is 12.0. The average Bonchev–Trinajstić information content (AvgIpc) is 3.10. The number of aromatic nitrogens is 3. The third-order valence-corrected chi connectivity index (χ3v) is 7.83. The van der Waals surface area contributed by atoms with E-state index in [4.69, 9.17) is 21.1 Å². The fourth-order valence-corrected chi connectivity index (χ4v) is 5.28. The Morgan fingerprint density at radius 3 is 2.49 bits per heavy atom. The fraction of sp³-hybridized carbons (Fsp3) is 0.306. The van der Waals surface area contributed by atoms with Gasteiger partial charge in [0.2, 0.25) is 17.8 Å². The molecule has 4 aromatic rings. The van der Waals surface area contributed by atoms with Crippen LogP contribution in [0.25, 0.3) is 6.08 Å². The molecule has 3 aromatic carbocycles. The van der Waals surface area contributed by atoms with Gasteiger partial charge in [-0.25, -0.2) is 0 Å². The summed E-state index contributed by atoms with van der Waals surface area (Å²) in [5.74, 6) is -0.180. The Morgan fingerprint density at radius 1 is 1.02 bits per heavy atom. The summed E-state index contributed by atoms with van der Waals surface area (Å²) >= 11 is 6.53. The van der Waals surface area contributed by atoms with Gasteiger partial charge in [-0.15, -0.1) is 0 Å². The molecule has 0 saturated carbocycles. The Balaban J connectivity index is 1.38.